The largest absolute Gasteiger partial charge is 0.421 e. The third-order valence-corrected chi connectivity index (χ3v) is 7.88. The van der Waals surface area contributed by atoms with Gasteiger partial charge in [0.1, 0.15) is 6.61 Å². The zero-order chi connectivity index (χ0) is 26.8. The van der Waals surface area contributed by atoms with Crippen LogP contribution in [0.5, 0.6) is 0 Å². The Morgan fingerprint density at radius 1 is 0.973 bits per heavy atom. The van der Waals surface area contributed by atoms with E-state index in [-0.39, 0.29) is 29.0 Å². The van der Waals surface area contributed by atoms with E-state index in [2.05, 4.69) is 5.32 Å². The number of hydrogen-bond donors (Lipinski definition) is 3. The van der Waals surface area contributed by atoms with Gasteiger partial charge in [-0.15, -0.1) is 0 Å². The van der Waals surface area contributed by atoms with Crippen molar-refractivity contribution in [1.29, 1.82) is 0 Å². The molecule has 9 heteroatoms. The van der Waals surface area contributed by atoms with Crippen LogP contribution < -0.4 is 5.32 Å². The SMILES string of the molecule is C[C@](O)(c1ccc(C(=O)N(C2CC2)[C@H]2CC[C@@](CNC(=O)CO)(c3ccccc3)CC2)cc1)C(F)(F)F. The van der Waals surface area contributed by atoms with Crippen LogP contribution in [0.1, 0.15) is 66.9 Å². The van der Waals surface area contributed by atoms with Crippen molar-refractivity contribution >= 4 is 11.8 Å². The number of carbonyl (C=O) groups is 2. The first-order valence-electron chi connectivity index (χ1n) is 12.6. The first-order chi connectivity index (χ1) is 17.5. The van der Waals surface area contributed by atoms with Gasteiger partial charge in [-0.05, 0) is 68.7 Å². The normalized spacial score (nSPS) is 23.7. The van der Waals surface area contributed by atoms with Gasteiger partial charge in [-0.2, -0.15) is 13.2 Å². The molecule has 2 aliphatic rings. The first-order valence-corrected chi connectivity index (χ1v) is 12.6. The molecular formula is C28H33F3N2O4. The fourth-order valence-corrected chi connectivity index (χ4v) is 5.35. The molecule has 2 aromatic rings. The van der Waals surface area contributed by atoms with Crippen molar-refractivity contribution in [3.8, 4) is 0 Å². The summed E-state index contributed by atoms with van der Waals surface area (Å²) in [7, 11) is 0. The number of benzene rings is 2. The summed E-state index contributed by atoms with van der Waals surface area (Å²) in [6, 6.07) is 15.0. The van der Waals surface area contributed by atoms with E-state index in [1.807, 2.05) is 35.2 Å². The van der Waals surface area contributed by atoms with Crippen LogP contribution in [-0.2, 0) is 15.8 Å². The second-order valence-electron chi connectivity index (χ2n) is 10.4. The molecule has 0 spiro atoms. The van der Waals surface area contributed by atoms with Gasteiger partial charge in [-0.25, -0.2) is 0 Å². The van der Waals surface area contributed by atoms with Crippen LogP contribution in [0.15, 0.2) is 54.6 Å². The summed E-state index contributed by atoms with van der Waals surface area (Å²) >= 11 is 0. The lowest BCUT2D eigenvalue weighted by Gasteiger charge is -2.44. The molecule has 2 amide bonds. The molecule has 4 rings (SSSR count). The Labute approximate surface area is 214 Å². The van der Waals surface area contributed by atoms with E-state index in [9.17, 15) is 27.9 Å². The minimum Gasteiger partial charge on any atom is -0.387 e. The third kappa shape index (κ3) is 5.67. The minimum absolute atomic E-state index is 0.0247. The quantitative estimate of drug-likeness (QED) is 0.492. The van der Waals surface area contributed by atoms with Crippen molar-refractivity contribution in [1.82, 2.24) is 10.2 Å². The Morgan fingerprint density at radius 3 is 2.05 bits per heavy atom. The highest BCUT2D eigenvalue weighted by molar-refractivity contribution is 5.95. The number of hydrogen-bond acceptors (Lipinski definition) is 4. The minimum atomic E-state index is -4.83. The smallest absolute Gasteiger partial charge is 0.387 e. The Morgan fingerprint density at radius 2 is 1.54 bits per heavy atom. The van der Waals surface area contributed by atoms with E-state index in [1.54, 1.807) is 0 Å². The summed E-state index contributed by atoms with van der Waals surface area (Å²) in [5.74, 6) is -0.647. The summed E-state index contributed by atoms with van der Waals surface area (Å²) in [6.45, 7) is 0.514. The summed E-state index contributed by atoms with van der Waals surface area (Å²) in [5.41, 5.74) is -2.23. The van der Waals surface area contributed by atoms with Gasteiger partial charge in [0.25, 0.3) is 5.91 Å². The van der Waals surface area contributed by atoms with E-state index in [0.717, 1.165) is 43.4 Å². The molecule has 0 bridgehead atoms. The molecule has 0 radical (unpaired) electrons. The van der Waals surface area contributed by atoms with Crippen LogP contribution in [0.4, 0.5) is 13.2 Å². The number of amides is 2. The van der Waals surface area contributed by atoms with Crippen LogP contribution in [0.2, 0.25) is 0 Å². The number of aliphatic hydroxyl groups excluding tert-OH is 1. The Hall–Kier alpha value is -2.91. The van der Waals surface area contributed by atoms with Gasteiger partial charge >= 0.3 is 6.18 Å². The predicted octanol–water partition coefficient (Wildman–Crippen LogP) is 4.05. The number of halogens is 3. The topological polar surface area (TPSA) is 89.9 Å². The highest BCUT2D eigenvalue weighted by Gasteiger charge is 2.51. The molecule has 2 aliphatic carbocycles. The van der Waals surface area contributed by atoms with Gasteiger partial charge in [0.2, 0.25) is 5.91 Å². The average Bonchev–Trinajstić information content (AvgIpc) is 3.73. The monoisotopic (exact) mass is 518 g/mol. The van der Waals surface area contributed by atoms with Crippen molar-refractivity contribution < 1.29 is 33.0 Å². The summed E-state index contributed by atoms with van der Waals surface area (Å²) in [6.07, 6.45) is -0.157. The molecule has 200 valence electrons. The van der Waals surface area contributed by atoms with Crippen molar-refractivity contribution in [2.24, 2.45) is 0 Å². The van der Waals surface area contributed by atoms with E-state index in [4.69, 9.17) is 5.11 Å². The molecular weight excluding hydrogens is 485 g/mol. The number of aliphatic hydroxyl groups is 2. The zero-order valence-electron chi connectivity index (χ0n) is 20.8. The number of carbonyl (C=O) groups excluding carboxylic acids is 2. The van der Waals surface area contributed by atoms with Crippen molar-refractivity contribution in [2.45, 2.75) is 74.7 Å². The van der Waals surface area contributed by atoms with Crippen LogP contribution in [0.25, 0.3) is 0 Å². The lowest BCUT2D eigenvalue weighted by atomic mass is 9.67. The maximum atomic E-state index is 13.5. The lowest BCUT2D eigenvalue weighted by molar-refractivity contribution is -0.258. The molecule has 0 unspecified atom stereocenters. The Kier molecular flexibility index (Phi) is 7.67. The van der Waals surface area contributed by atoms with Crippen molar-refractivity contribution in [3.05, 3.63) is 71.3 Å². The number of nitrogens with one attached hydrogen (secondary N) is 1. The van der Waals surface area contributed by atoms with Crippen molar-refractivity contribution in [3.63, 3.8) is 0 Å². The second kappa shape index (κ2) is 10.5. The molecule has 0 saturated heterocycles. The molecule has 2 saturated carbocycles. The highest BCUT2D eigenvalue weighted by atomic mass is 19.4. The van der Waals surface area contributed by atoms with Crippen molar-refractivity contribution in [2.75, 3.05) is 13.2 Å². The van der Waals surface area contributed by atoms with E-state index in [1.165, 1.54) is 12.1 Å². The predicted molar refractivity (Wildman–Crippen MR) is 132 cm³/mol. The summed E-state index contributed by atoms with van der Waals surface area (Å²) in [5, 5.41) is 21.9. The Bertz CT molecular complexity index is 1090. The molecule has 0 aromatic heterocycles. The van der Waals surface area contributed by atoms with Crippen LogP contribution >= 0.6 is 0 Å². The first kappa shape index (κ1) is 27.1. The number of alkyl halides is 3. The summed E-state index contributed by atoms with van der Waals surface area (Å²) < 4.78 is 39.6. The Balaban J connectivity index is 1.51. The van der Waals surface area contributed by atoms with Gasteiger partial charge < -0.3 is 20.4 Å². The van der Waals surface area contributed by atoms with Crippen LogP contribution in [-0.4, -0.2) is 58.3 Å². The zero-order valence-corrected chi connectivity index (χ0v) is 20.8. The fraction of sp³-hybridized carbons (Fsp3) is 0.500. The van der Waals surface area contributed by atoms with E-state index in [0.29, 0.717) is 31.9 Å². The third-order valence-electron chi connectivity index (χ3n) is 7.88. The van der Waals surface area contributed by atoms with Crippen LogP contribution in [0.3, 0.4) is 0 Å². The lowest BCUT2D eigenvalue weighted by Crippen LogP contribution is -2.50. The number of nitrogens with zero attached hydrogens (tertiary/aromatic N) is 1. The maximum Gasteiger partial charge on any atom is 0.421 e. The highest BCUT2D eigenvalue weighted by Crippen LogP contribution is 2.43. The molecule has 37 heavy (non-hydrogen) atoms. The van der Waals surface area contributed by atoms with Gasteiger partial charge in [0.15, 0.2) is 5.60 Å². The van der Waals surface area contributed by atoms with E-state index >= 15 is 0 Å². The number of rotatable bonds is 8. The fourth-order valence-electron chi connectivity index (χ4n) is 5.35. The molecule has 2 aromatic carbocycles. The van der Waals surface area contributed by atoms with Gasteiger partial charge in [0.05, 0.1) is 0 Å². The van der Waals surface area contributed by atoms with Gasteiger partial charge in [-0.1, -0.05) is 42.5 Å². The molecule has 0 aliphatic heterocycles. The molecule has 2 fully saturated rings. The molecule has 6 nitrogen and oxygen atoms in total. The average molecular weight is 519 g/mol. The maximum absolute atomic E-state index is 13.5. The molecule has 1 atom stereocenters. The molecule has 3 N–H and O–H groups in total. The van der Waals surface area contributed by atoms with Gasteiger partial charge in [0, 0.05) is 29.6 Å². The molecule has 0 heterocycles. The standard InChI is InChI=1S/C28H33F3N2O4/c1-26(37,28(29,30)31)20-9-7-19(8-10-20)25(36)33(22-11-12-22)23-13-15-27(16-14-23,18-32-24(35)17-34)21-5-3-2-4-6-21/h2-10,22-23,34,37H,11-18H2,1H3,(H,32,35)/t23-,26-,27+/m0/s1. The van der Waals surface area contributed by atoms with E-state index < -0.39 is 24.3 Å². The van der Waals surface area contributed by atoms with Crippen LogP contribution in [0, 0.1) is 0 Å². The summed E-state index contributed by atoms with van der Waals surface area (Å²) in [4.78, 5) is 27.2. The van der Waals surface area contributed by atoms with Gasteiger partial charge in [-0.3, -0.25) is 9.59 Å². The second-order valence-corrected chi connectivity index (χ2v) is 10.4.